The van der Waals surface area contributed by atoms with Gasteiger partial charge in [0.15, 0.2) is 11.9 Å². The molecule has 0 fully saturated rings. The van der Waals surface area contributed by atoms with Crippen molar-refractivity contribution in [2.75, 3.05) is 0 Å². The number of carbonyl (C=O) groups excluding carboxylic acids is 1. The smallest absolute Gasteiger partial charge is 0.379 e. The number of aliphatic hydroxyl groups is 1. The molecule has 2 rings (SSSR count). The first-order chi connectivity index (χ1) is 13.1. The Balaban J connectivity index is 2.55. The molecule has 1 heterocycles. The molecule has 1 aromatic heterocycles. The van der Waals surface area contributed by atoms with Gasteiger partial charge in [0.05, 0.1) is 11.1 Å². The van der Waals surface area contributed by atoms with E-state index in [0.29, 0.717) is 0 Å². The van der Waals surface area contributed by atoms with E-state index < -0.39 is 41.6 Å². The number of hydrogen-bond acceptors (Lipinski definition) is 3. The number of pyridine rings is 1. The van der Waals surface area contributed by atoms with E-state index in [-0.39, 0.29) is 16.8 Å². The van der Waals surface area contributed by atoms with E-state index in [1.165, 1.54) is 18.3 Å². The van der Waals surface area contributed by atoms with Gasteiger partial charge in [-0.25, -0.2) is 0 Å². The fourth-order valence-electron chi connectivity index (χ4n) is 2.55. The monoisotopic (exact) mass is 419 g/mol. The standard InChI is InChI=1S/C20H19F6NO2/c1-11-4-5-15(27-10-11)12-6-13(8-14(7-12)17(29)19(21,22)23)16(28)9-18(2,3)20(24,25)26/h4-8,10,17,29H,9H2,1-3H3. The molecule has 29 heavy (non-hydrogen) atoms. The minimum atomic E-state index is -5.01. The maximum Gasteiger partial charge on any atom is 0.418 e. The molecule has 2 aromatic rings. The third-order valence-corrected chi connectivity index (χ3v) is 4.48. The van der Waals surface area contributed by atoms with Crippen LogP contribution in [0.1, 0.15) is 47.9 Å². The lowest BCUT2D eigenvalue weighted by atomic mass is 9.84. The van der Waals surface area contributed by atoms with Crippen LogP contribution in [0.3, 0.4) is 0 Å². The number of Topliss-reactive ketones (excluding diaryl/α,β-unsaturated/α-hetero) is 1. The van der Waals surface area contributed by atoms with Gasteiger partial charge < -0.3 is 5.11 Å². The van der Waals surface area contributed by atoms with Crippen molar-refractivity contribution in [1.82, 2.24) is 4.98 Å². The highest BCUT2D eigenvalue weighted by molar-refractivity contribution is 5.97. The predicted octanol–water partition coefficient (Wildman–Crippen LogP) is 5.81. The zero-order valence-corrected chi connectivity index (χ0v) is 15.8. The van der Waals surface area contributed by atoms with Crippen molar-refractivity contribution in [3.05, 3.63) is 53.2 Å². The molecule has 0 aliphatic heterocycles. The lowest BCUT2D eigenvalue weighted by Gasteiger charge is -2.27. The zero-order chi connectivity index (χ0) is 22.2. The molecule has 158 valence electrons. The Morgan fingerprint density at radius 3 is 2.17 bits per heavy atom. The molecule has 1 unspecified atom stereocenters. The Bertz CT molecular complexity index is 885. The summed E-state index contributed by atoms with van der Waals surface area (Å²) in [6.45, 7) is 3.41. The second-order valence-electron chi connectivity index (χ2n) is 7.49. The Morgan fingerprint density at radius 1 is 1.07 bits per heavy atom. The van der Waals surface area contributed by atoms with E-state index in [4.69, 9.17) is 0 Å². The minimum Gasteiger partial charge on any atom is -0.379 e. The van der Waals surface area contributed by atoms with Crippen LogP contribution in [0.2, 0.25) is 0 Å². The number of ketones is 1. The maximum absolute atomic E-state index is 13.1. The molecule has 9 heteroatoms. The third-order valence-electron chi connectivity index (χ3n) is 4.48. The Kier molecular flexibility index (Phi) is 6.13. The van der Waals surface area contributed by atoms with Gasteiger partial charge in [-0.05, 0) is 42.3 Å². The first-order valence-electron chi connectivity index (χ1n) is 8.54. The van der Waals surface area contributed by atoms with Crippen LogP contribution in [0.4, 0.5) is 26.3 Å². The highest BCUT2D eigenvalue weighted by Gasteiger charge is 2.48. The number of halogens is 6. The SMILES string of the molecule is Cc1ccc(-c2cc(C(=O)CC(C)(C)C(F)(F)F)cc(C(O)C(F)(F)F)c2)nc1. The van der Waals surface area contributed by atoms with Crippen molar-refractivity contribution in [1.29, 1.82) is 0 Å². The molecular formula is C20H19F6NO2. The summed E-state index contributed by atoms with van der Waals surface area (Å²) in [7, 11) is 0. The molecule has 0 radical (unpaired) electrons. The van der Waals surface area contributed by atoms with Crippen molar-refractivity contribution in [3.8, 4) is 11.3 Å². The quantitative estimate of drug-likeness (QED) is 0.491. The van der Waals surface area contributed by atoms with Crippen LogP contribution in [0.5, 0.6) is 0 Å². The number of rotatable bonds is 5. The molecule has 1 N–H and O–H groups in total. The topological polar surface area (TPSA) is 50.2 Å². The van der Waals surface area contributed by atoms with Gasteiger partial charge >= 0.3 is 12.4 Å². The fourth-order valence-corrected chi connectivity index (χ4v) is 2.55. The Hall–Kier alpha value is -2.42. The first kappa shape index (κ1) is 22.9. The van der Waals surface area contributed by atoms with Crippen LogP contribution < -0.4 is 0 Å². The van der Waals surface area contributed by atoms with Gasteiger partial charge in [0.1, 0.15) is 0 Å². The molecule has 0 amide bonds. The highest BCUT2D eigenvalue weighted by Crippen LogP contribution is 2.41. The van der Waals surface area contributed by atoms with Gasteiger partial charge in [0.2, 0.25) is 0 Å². The van der Waals surface area contributed by atoms with Gasteiger partial charge in [0, 0.05) is 23.7 Å². The number of aryl methyl sites for hydroxylation is 1. The summed E-state index contributed by atoms with van der Waals surface area (Å²) in [6.07, 6.45) is -12.1. The second-order valence-corrected chi connectivity index (χ2v) is 7.49. The zero-order valence-electron chi connectivity index (χ0n) is 15.8. The number of nitrogens with zero attached hydrogens (tertiary/aromatic N) is 1. The first-order valence-corrected chi connectivity index (χ1v) is 8.54. The number of aliphatic hydroxyl groups excluding tert-OH is 1. The predicted molar refractivity (Wildman–Crippen MR) is 94.2 cm³/mol. The summed E-state index contributed by atoms with van der Waals surface area (Å²) in [5, 5.41) is 9.60. The van der Waals surface area contributed by atoms with Crippen molar-refractivity contribution in [2.45, 2.75) is 45.6 Å². The molecule has 0 spiro atoms. The summed E-state index contributed by atoms with van der Waals surface area (Å²) in [4.78, 5) is 16.6. The van der Waals surface area contributed by atoms with Gasteiger partial charge in [-0.15, -0.1) is 0 Å². The Morgan fingerprint density at radius 2 is 1.69 bits per heavy atom. The van der Waals surface area contributed by atoms with E-state index >= 15 is 0 Å². The molecule has 0 bridgehead atoms. The Labute approximate surface area is 163 Å². The summed E-state index contributed by atoms with van der Waals surface area (Å²) >= 11 is 0. The molecule has 0 aliphatic carbocycles. The van der Waals surface area contributed by atoms with Crippen LogP contribution >= 0.6 is 0 Å². The number of alkyl halides is 6. The summed E-state index contributed by atoms with van der Waals surface area (Å²) in [5.74, 6) is -0.989. The van der Waals surface area contributed by atoms with E-state index in [0.717, 1.165) is 31.5 Å². The van der Waals surface area contributed by atoms with E-state index in [1.54, 1.807) is 13.0 Å². The van der Waals surface area contributed by atoms with Gasteiger partial charge in [0.25, 0.3) is 0 Å². The minimum absolute atomic E-state index is 0.0824. The van der Waals surface area contributed by atoms with Crippen LogP contribution in [0.25, 0.3) is 11.3 Å². The van der Waals surface area contributed by atoms with Crippen molar-refractivity contribution in [3.63, 3.8) is 0 Å². The lowest BCUT2D eigenvalue weighted by molar-refractivity contribution is -0.210. The normalized spacial score (nSPS) is 14.0. The fraction of sp³-hybridized carbons (Fsp3) is 0.400. The number of aromatic nitrogens is 1. The van der Waals surface area contributed by atoms with Crippen molar-refractivity contribution < 1.29 is 36.2 Å². The molecule has 0 aliphatic rings. The number of carbonyl (C=O) groups is 1. The highest BCUT2D eigenvalue weighted by atomic mass is 19.4. The summed E-state index contributed by atoms with van der Waals surface area (Å²) in [5.41, 5.74) is -2.30. The van der Waals surface area contributed by atoms with Crippen LogP contribution in [0.15, 0.2) is 36.5 Å². The summed E-state index contributed by atoms with van der Waals surface area (Å²) < 4.78 is 78.3. The van der Waals surface area contributed by atoms with E-state index in [9.17, 15) is 36.2 Å². The van der Waals surface area contributed by atoms with Crippen LogP contribution in [0, 0.1) is 12.3 Å². The van der Waals surface area contributed by atoms with Crippen LogP contribution in [-0.2, 0) is 0 Å². The average molecular weight is 419 g/mol. The van der Waals surface area contributed by atoms with Crippen molar-refractivity contribution >= 4 is 5.78 Å². The second kappa shape index (κ2) is 7.78. The van der Waals surface area contributed by atoms with E-state index in [2.05, 4.69) is 4.98 Å². The average Bonchev–Trinajstić information content (AvgIpc) is 2.59. The molecule has 0 saturated carbocycles. The van der Waals surface area contributed by atoms with Gasteiger partial charge in [-0.3, -0.25) is 9.78 Å². The molecule has 1 atom stereocenters. The van der Waals surface area contributed by atoms with Crippen LogP contribution in [-0.4, -0.2) is 28.2 Å². The van der Waals surface area contributed by atoms with Crippen molar-refractivity contribution in [2.24, 2.45) is 5.41 Å². The van der Waals surface area contributed by atoms with Gasteiger partial charge in [-0.2, -0.15) is 26.3 Å². The number of benzene rings is 1. The largest absolute Gasteiger partial charge is 0.418 e. The van der Waals surface area contributed by atoms with E-state index in [1.807, 2.05) is 0 Å². The third kappa shape index (κ3) is 5.35. The molecule has 0 saturated heterocycles. The van der Waals surface area contributed by atoms with Gasteiger partial charge in [-0.1, -0.05) is 19.9 Å². The molecule has 1 aromatic carbocycles. The lowest BCUT2D eigenvalue weighted by Crippen LogP contribution is -2.34. The molecular weight excluding hydrogens is 400 g/mol. The maximum atomic E-state index is 13.1. The summed E-state index contributed by atoms with van der Waals surface area (Å²) in [6, 6.07) is 6.11. The number of hydrogen-bond donors (Lipinski definition) is 1. The molecule has 3 nitrogen and oxygen atoms in total.